The van der Waals surface area contributed by atoms with Crippen LogP contribution >= 0.6 is 11.3 Å². The zero-order valence-corrected chi connectivity index (χ0v) is 12.2. The Balaban J connectivity index is 1.83. The minimum atomic E-state index is -3.81. The van der Waals surface area contributed by atoms with Gasteiger partial charge in [-0.25, -0.2) is 13.6 Å². The molecule has 1 saturated carbocycles. The fourth-order valence-electron chi connectivity index (χ4n) is 2.35. The number of sulfonamides is 1. The highest BCUT2D eigenvalue weighted by atomic mass is 32.2. The molecule has 2 N–H and O–H groups in total. The molecule has 1 aromatic heterocycles. The summed E-state index contributed by atoms with van der Waals surface area (Å²) in [5, 5.41) is 12.5. The largest absolute Gasteiger partial charge is 0.299 e. The Hall–Kier alpha value is -0.860. The van der Waals surface area contributed by atoms with Gasteiger partial charge in [-0.05, 0) is 12.3 Å². The minimum absolute atomic E-state index is 0.0871. The molecular formula is C11H17N3O3S2. The second-order valence-electron chi connectivity index (χ2n) is 4.91. The molecule has 6 nitrogen and oxygen atoms in total. The van der Waals surface area contributed by atoms with Gasteiger partial charge in [-0.15, -0.1) is 10.2 Å². The highest BCUT2D eigenvalue weighted by Gasteiger charge is 2.19. The van der Waals surface area contributed by atoms with Gasteiger partial charge in [-0.2, -0.15) is 0 Å². The van der Waals surface area contributed by atoms with Crippen molar-refractivity contribution in [1.82, 2.24) is 10.2 Å². The molecule has 1 fully saturated rings. The molecule has 0 unspecified atom stereocenters. The van der Waals surface area contributed by atoms with E-state index in [9.17, 15) is 13.2 Å². The summed E-state index contributed by atoms with van der Waals surface area (Å²) in [7, 11) is -3.81. The summed E-state index contributed by atoms with van der Waals surface area (Å²) in [4.78, 5) is 11.8. The summed E-state index contributed by atoms with van der Waals surface area (Å²) < 4.78 is 21.8. The van der Waals surface area contributed by atoms with Crippen LogP contribution in [0.2, 0.25) is 0 Å². The number of carbonyl (C=O) groups excluding carboxylic acids is 1. The highest BCUT2D eigenvalue weighted by molar-refractivity contribution is 7.91. The predicted molar refractivity (Wildman–Crippen MR) is 71.2 cm³/mol. The van der Waals surface area contributed by atoms with Crippen LogP contribution in [0.15, 0.2) is 4.34 Å². The van der Waals surface area contributed by atoms with E-state index in [1.807, 2.05) is 0 Å². The fraction of sp³-hybridized carbons (Fsp3) is 0.727. The van der Waals surface area contributed by atoms with Crippen LogP contribution in [-0.2, 0) is 21.2 Å². The first kappa shape index (κ1) is 14.5. The van der Waals surface area contributed by atoms with Crippen molar-refractivity contribution < 1.29 is 13.2 Å². The van der Waals surface area contributed by atoms with Crippen LogP contribution in [0.4, 0.5) is 0 Å². The molecular weight excluding hydrogens is 286 g/mol. The smallest absolute Gasteiger partial charge is 0.267 e. The van der Waals surface area contributed by atoms with E-state index in [1.54, 1.807) is 0 Å². The molecule has 1 heterocycles. The summed E-state index contributed by atoms with van der Waals surface area (Å²) in [5.74, 6) is 0.766. The maximum absolute atomic E-state index is 11.8. The first-order chi connectivity index (χ1) is 8.95. The lowest BCUT2D eigenvalue weighted by Crippen LogP contribution is -2.11. The topological polar surface area (TPSA) is 103 Å². The Morgan fingerprint density at radius 3 is 2.58 bits per heavy atom. The molecule has 0 amide bonds. The van der Waals surface area contributed by atoms with Crippen molar-refractivity contribution in [1.29, 1.82) is 0 Å². The van der Waals surface area contributed by atoms with Crippen LogP contribution in [-0.4, -0.2) is 24.4 Å². The third-order valence-electron chi connectivity index (χ3n) is 3.35. The van der Waals surface area contributed by atoms with Crippen LogP contribution in [0.1, 0.15) is 43.5 Å². The van der Waals surface area contributed by atoms with Gasteiger partial charge in [0.15, 0.2) is 0 Å². The molecule has 106 valence electrons. The van der Waals surface area contributed by atoms with Gasteiger partial charge in [-0.3, -0.25) is 4.79 Å². The molecule has 1 aromatic rings. The summed E-state index contributed by atoms with van der Waals surface area (Å²) in [5.41, 5.74) is 0. The summed E-state index contributed by atoms with van der Waals surface area (Å²) in [6.45, 7) is 0. The van der Waals surface area contributed by atoms with E-state index < -0.39 is 10.0 Å². The molecule has 0 aliphatic heterocycles. The van der Waals surface area contributed by atoms with Crippen molar-refractivity contribution in [3.05, 3.63) is 5.01 Å². The van der Waals surface area contributed by atoms with E-state index in [1.165, 1.54) is 25.7 Å². The fourth-order valence-corrected chi connectivity index (χ4v) is 3.85. The summed E-state index contributed by atoms with van der Waals surface area (Å²) in [6.07, 6.45) is 6.61. The van der Waals surface area contributed by atoms with Crippen LogP contribution in [0.3, 0.4) is 0 Å². The van der Waals surface area contributed by atoms with E-state index in [-0.39, 0.29) is 16.5 Å². The number of primary sulfonamides is 1. The first-order valence-corrected chi connectivity index (χ1v) is 8.68. The molecule has 19 heavy (non-hydrogen) atoms. The Kier molecular flexibility index (Phi) is 4.64. The molecule has 1 aliphatic carbocycles. The van der Waals surface area contributed by atoms with Crippen molar-refractivity contribution in [2.75, 3.05) is 0 Å². The number of aromatic nitrogens is 2. The number of hydrogen-bond acceptors (Lipinski definition) is 6. The lowest BCUT2D eigenvalue weighted by Gasteiger charge is -2.06. The molecule has 0 aromatic carbocycles. The van der Waals surface area contributed by atoms with Gasteiger partial charge in [-0.1, -0.05) is 37.0 Å². The monoisotopic (exact) mass is 303 g/mol. The van der Waals surface area contributed by atoms with Crippen molar-refractivity contribution >= 4 is 27.1 Å². The first-order valence-electron chi connectivity index (χ1n) is 6.32. The van der Waals surface area contributed by atoms with Crippen molar-refractivity contribution in [2.45, 2.75) is 49.3 Å². The van der Waals surface area contributed by atoms with Crippen LogP contribution in [0, 0.1) is 5.92 Å². The Morgan fingerprint density at radius 2 is 2.00 bits per heavy atom. The molecule has 1 aliphatic rings. The third kappa shape index (κ3) is 4.32. The van der Waals surface area contributed by atoms with Gasteiger partial charge < -0.3 is 0 Å². The molecule has 8 heteroatoms. The average molecular weight is 303 g/mol. The lowest BCUT2D eigenvalue weighted by atomic mass is 9.99. The second-order valence-corrected chi connectivity index (χ2v) is 7.71. The highest BCUT2D eigenvalue weighted by Crippen LogP contribution is 2.28. The Labute approximate surface area is 116 Å². The maximum Gasteiger partial charge on any atom is 0.267 e. The van der Waals surface area contributed by atoms with Gasteiger partial charge in [0.05, 0.1) is 6.42 Å². The second kappa shape index (κ2) is 6.06. The van der Waals surface area contributed by atoms with Crippen LogP contribution < -0.4 is 5.14 Å². The van der Waals surface area contributed by atoms with Crippen molar-refractivity contribution in [3.63, 3.8) is 0 Å². The van der Waals surface area contributed by atoms with E-state index in [4.69, 9.17) is 5.14 Å². The van der Waals surface area contributed by atoms with Gasteiger partial charge in [0.1, 0.15) is 10.8 Å². The van der Waals surface area contributed by atoms with Crippen molar-refractivity contribution in [2.24, 2.45) is 11.1 Å². The average Bonchev–Trinajstić information content (AvgIpc) is 2.95. The van der Waals surface area contributed by atoms with E-state index in [0.717, 1.165) is 17.8 Å². The number of nitrogens with two attached hydrogens (primary N) is 1. The molecule has 0 spiro atoms. The number of Topliss-reactive ketones (excluding diaryl/α,β-unsaturated/α-hetero) is 1. The number of hydrogen-bond donors (Lipinski definition) is 1. The number of carbonyl (C=O) groups is 1. The van der Waals surface area contributed by atoms with Crippen LogP contribution in [0.5, 0.6) is 0 Å². The standard InChI is InChI=1S/C11H17N3O3S2/c12-19(16,17)11-14-13-10(18-11)7-9(15)6-5-8-3-1-2-4-8/h8H,1-7H2,(H2,12,16,17). The van der Waals surface area contributed by atoms with Gasteiger partial charge in [0, 0.05) is 6.42 Å². The van der Waals surface area contributed by atoms with Gasteiger partial charge in [0.2, 0.25) is 4.34 Å². The molecule has 2 rings (SSSR count). The van der Waals surface area contributed by atoms with Crippen molar-refractivity contribution in [3.8, 4) is 0 Å². The number of rotatable bonds is 6. The minimum Gasteiger partial charge on any atom is -0.299 e. The third-order valence-corrected chi connectivity index (χ3v) is 5.58. The van der Waals surface area contributed by atoms with E-state index in [2.05, 4.69) is 10.2 Å². The van der Waals surface area contributed by atoms with Gasteiger partial charge in [0.25, 0.3) is 10.0 Å². The Morgan fingerprint density at radius 1 is 1.32 bits per heavy atom. The van der Waals surface area contributed by atoms with E-state index in [0.29, 0.717) is 17.3 Å². The molecule has 0 saturated heterocycles. The van der Waals surface area contributed by atoms with E-state index >= 15 is 0 Å². The molecule has 0 bridgehead atoms. The molecule has 0 atom stereocenters. The predicted octanol–water partition coefficient (Wildman–Crippen LogP) is 1.27. The van der Waals surface area contributed by atoms with Gasteiger partial charge >= 0.3 is 0 Å². The maximum atomic E-state index is 11.8. The van der Waals surface area contributed by atoms with Crippen LogP contribution in [0.25, 0.3) is 0 Å². The quantitative estimate of drug-likeness (QED) is 0.852. The lowest BCUT2D eigenvalue weighted by molar-refractivity contribution is -0.118. The Bertz CT molecular complexity index is 547. The zero-order chi connectivity index (χ0) is 13.9. The number of ketones is 1. The summed E-state index contributed by atoms with van der Waals surface area (Å²) in [6, 6.07) is 0. The SMILES string of the molecule is NS(=O)(=O)c1nnc(CC(=O)CCC2CCCC2)s1. The molecule has 0 radical (unpaired) electrons. The summed E-state index contributed by atoms with van der Waals surface area (Å²) >= 11 is 0.870. The normalized spacial score (nSPS) is 16.9. The zero-order valence-electron chi connectivity index (χ0n) is 10.5. The number of nitrogens with zero attached hydrogens (tertiary/aromatic N) is 2.